The van der Waals surface area contributed by atoms with E-state index in [2.05, 4.69) is 32.2 Å². The lowest BCUT2D eigenvalue weighted by Gasteiger charge is -2.52. The van der Waals surface area contributed by atoms with E-state index in [-0.39, 0.29) is 11.0 Å². The molecule has 1 aliphatic carbocycles. The van der Waals surface area contributed by atoms with Crippen molar-refractivity contribution in [3.63, 3.8) is 0 Å². The molecule has 1 aliphatic rings. The van der Waals surface area contributed by atoms with Gasteiger partial charge in [-0.15, -0.1) is 0 Å². The minimum atomic E-state index is -0.233. The molecule has 1 rings (SSSR count). The van der Waals surface area contributed by atoms with E-state index in [9.17, 15) is 0 Å². The summed E-state index contributed by atoms with van der Waals surface area (Å²) in [5, 5.41) is 12.4. The first-order valence-electron chi connectivity index (χ1n) is 4.74. The van der Waals surface area contributed by atoms with Crippen LogP contribution < -0.4 is 5.32 Å². The van der Waals surface area contributed by atoms with Gasteiger partial charge in [-0.1, -0.05) is 20.8 Å². The van der Waals surface area contributed by atoms with E-state index in [1.165, 1.54) is 0 Å². The van der Waals surface area contributed by atoms with E-state index < -0.39 is 0 Å². The van der Waals surface area contributed by atoms with E-state index >= 15 is 0 Å². The molecule has 2 nitrogen and oxygen atoms in total. The van der Waals surface area contributed by atoms with Crippen LogP contribution in [0.3, 0.4) is 0 Å². The van der Waals surface area contributed by atoms with Crippen molar-refractivity contribution in [2.24, 2.45) is 5.41 Å². The summed E-state index contributed by atoms with van der Waals surface area (Å²) in [6.45, 7) is 7.42. The molecule has 0 bridgehead atoms. The van der Waals surface area contributed by atoms with Crippen molar-refractivity contribution in [1.29, 1.82) is 5.26 Å². The predicted octanol–water partition coefficient (Wildman–Crippen LogP) is 2.07. The SMILES string of the molecule is CCCNC1(C#N)CCC1(C)C. The van der Waals surface area contributed by atoms with Gasteiger partial charge in [0.15, 0.2) is 0 Å². The average Bonchev–Trinajstić information content (AvgIpc) is 2.05. The molecule has 12 heavy (non-hydrogen) atoms. The lowest BCUT2D eigenvalue weighted by Crippen LogP contribution is -2.62. The summed E-state index contributed by atoms with van der Waals surface area (Å²) in [6.07, 6.45) is 3.27. The molecule has 1 saturated carbocycles. The summed E-state index contributed by atoms with van der Waals surface area (Å²) >= 11 is 0. The van der Waals surface area contributed by atoms with Crippen molar-refractivity contribution in [1.82, 2.24) is 5.32 Å². The quantitative estimate of drug-likeness (QED) is 0.696. The van der Waals surface area contributed by atoms with Crippen LogP contribution in [0.4, 0.5) is 0 Å². The van der Waals surface area contributed by atoms with E-state index in [1.54, 1.807) is 0 Å². The van der Waals surface area contributed by atoms with Crippen LogP contribution in [-0.2, 0) is 0 Å². The highest BCUT2D eigenvalue weighted by Gasteiger charge is 2.53. The van der Waals surface area contributed by atoms with Gasteiger partial charge in [-0.2, -0.15) is 5.26 Å². The van der Waals surface area contributed by atoms with Crippen LogP contribution in [0.5, 0.6) is 0 Å². The zero-order valence-electron chi connectivity index (χ0n) is 8.28. The second-order valence-corrected chi connectivity index (χ2v) is 4.33. The zero-order chi connectivity index (χ0) is 9.24. The fraction of sp³-hybridized carbons (Fsp3) is 0.900. The molecule has 1 fully saturated rings. The van der Waals surface area contributed by atoms with Crippen LogP contribution in [0.25, 0.3) is 0 Å². The molecule has 0 aromatic heterocycles. The Morgan fingerprint density at radius 2 is 2.08 bits per heavy atom. The number of hydrogen-bond acceptors (Lipinski definition) is 2. The van der Waals surface area contributed by atoms with Gasteiger partial charge < -0.3 is 0 Å². The largest absolute Gasteiger partial charge is 0.299 e. The first kappa shape index (κ1) is 9.54. The summed E-state index contributed by atoms with van der Waals surface area (Å²) in [7, 11) is 0. The Hall–Kier alpha value is -0.550. The van der Waals surface area contributed by atoms with Crippen LogP contribution in [-0.4, -0.2) is 12.1 Å². The molecule has 1 unspecified atom stereocenters. The third kappa shape index (κ3) is 1.23. The summed E-state index contributed by atoms with van der Waals surface area (Å²) < 4.78 is 0. The fourth-order valence-corrected chi connectivity index (χ4v) is 1.79. The second kappa shape index (κ2) is 3.06. The molecule has 1 atom stereocenters. The molecule has 68 valence electrons. The van der Waals surface area contributed by atoms with Gasteiger partial charge in [-0.25, -0.2) is 0 Å². The standard InChI is InChI=1S/C10H18N2/c1-4-7-12-10(8-11)6-5-9(10,2)3/h12H,4-7H2,1-3H3. The van der Waals surface area contributed by atoms with Crippen LogP contribution in [0.2, 0.25) is 0 Å². The van der Waals surface area contributed by atoms with Gasteiger partial charge in [-0.3, -0.25) is 5.32 Å². The van der Waals surface area contributed by atoms with Crippen molar-refractivity contribution in [3.05, 3.63) is 0 Å². The Balaban J connectivity index is 2.60. The highest BCUT2D eigenvalue weighted by atomic mass is 15.0. The van der Waals surface area contributed by atoms with Crippen molar-refractivity contribution < 1.29 is 0 Å². The summed E-state index contributed by atoms with van der Waals surface area (Å²) in [5.74, 6) is 0. The first-order valence-corrected chi connectivity index (χ1v) is 4.74. The molecule has 2 heteroatoms. The number of nitrogens with zero attached hydrogens (tertiary/aromatic N) is 1. The maximum atomic E-state index is 9.09. The molecule has 0 saturated heterocycles. The van der Waals surface area contributed by atoms with Crippen molar-refractivity contribution >= 4 is 0 Å². The predicted molar refractivity (Wildman–Crippen MR) is 49.7 cm³/mol. The minimum absolute atomic E-state index is 0.164. The van der Waals surface area contributed by atoms with Gasteiger partial charge in [0.2, 0.25) is 0 Å². The van der Waals surface area contributed by atoms with Crippen LogP contribution >= 0.6 is 0 Å². The molecule has 0 radical (unpaired) electrons. The Morgan fingerprint density at radius 1 is 1.42 bits per heavy atom. The normalized spacial score (nSPS) is 32.2. The van der Waals surface area contributed by atoms with Gasteiger partial charge in [0.05, 0.1) is 6.07 Å². The van der Waals surface area contributed by atoms with Crippen LogP contribution in [0, 0.1) is 16.7 Å². The topological polar surface area (TPSA) is 35.8 Å². The maximum Gasteiger partial charge on any atom is 0.111 e. The molecule has 0 amide bonds. The molecule has 0 aliphatic heterocycles. The number of nitriles is 1. The van der Waals surface area contributed by atoms with E-state index in [0.717, 1.165) is 25.8 Å². The molecular formula is C10H18N2. The lowest BCUT2D eigenvalue weighted by molar-refractivity contribution is 0.0481. The molecule has 0 aromatic carbocycles. The molecule has 0 aromatic rings. The molecule has 0 spiro atoms. The summed E-state index contributed by atoms with van der Waals surface area (Å²) in [6, 6.07) is 2.43. The molecule has 1 N–H and O–H groups in total. The van der Waals surface area contributed by atoms with E-state index in [4.69, 9.17) is 5.26 Å². The Morgan fingerprint density at radius 3 is 2.33 bits per heavy atom. The fourth-order valence-electron chi connectivity index (χ4n) is 1.79. The lowest BCUT2D eigenvalue weighted by atomic mass is 9.57. The van der Waals surface area contributed by atoms with E-state index in [0.29, 0.717) is 0 Å². The van der Waals surface area contributed by atoms with Crippen molar-refractivity contribution in [3.8, 4) is 6.07 Å². The summed E-state index contributed by atoms with van der Waals surface area (Å²) in [5.41, 5.74) is -0.0695. The average molecular weight is 166 g/mol. The van der Waals surface area contributed by atoms with Gasteiger partial charge in [0, 0.05) is 0 Å². The van der Waals surface area contributed by atoms with Crippen molar-refractivity contribution in [2.75, 3.05) is 6.54 Å². The second-order valence-electron chi connectivity index (χ2n) is 4.33. The van der Waals surface area contributed by atoms with Crippen LogP contribution in [0.1, 0.15) is 40.0 Å². The first-order chi connectivity index (χ1) is 5.58. The highest BCUT2D eigenvalue weighted by molar-refractivity contribution is 5.21. The third-order valence-electron chi connectivity index (χ3n) is 3.15. The molecular weight excluding hydrogens is 148 g/mol. The van der Waals surface area contributed by atoms with Gasteiger partial charge in [0.1, 0.15) is 5.54 Å². The van der Waals surface area contributed by atoms with Gasteiger partial charge >= 0.3 is 0 Å². The Kier molecular flexibility index (Phi) is 2.44. The maximum absolute atomic E-state index is 9.09. The number of hydrogen-bond donors (Lipinski definition) is 1. The number of nitrogens with one attached hydrogen (secondary N) is 1. The Bertz CT molecular complexity index is 202. The van der Waals surface area contributed by atoms with Gasteiger partial charge in [-0.05, 0) is 31.2 Å². The van der Waals surface area contributed by atoms with Crippen LogP contribution in [0.15, 0.2) is 0 Å². The number of rotatable bonds is 3. The van der Waals surface area contributed by atoms with Crippen molar-refractivity contribution in [2.45, 2.75) is 45.6 Å². The zero-order valence-corrected chi connectivity index (χ0v) is 8.28. The van der Waals surface area contributed by atoms with Gasteiger partial charge in [0.25, 0.3) is 0 Å². The highest BCUT2D eigenvalue weighted by Crippen LogP contribution is 2.48. The Labute approximate surface area is 75.0 Å². The van der Waals surface area contributed by atoms with E-state index in [1.807, 2.05) is 0 Å². The monoisotopic (exact) mass is 166 g/mol. The minimum Gasteiger partial charge on any atom is -0.299 e. The third-order valence-corrected chi connectivity index (χ3v) is 3.15. The summed E-state index contributed by atoms with van der Waals surface area (Å²) in [4.78, 5) is 0. The molecule has 0 heterocycles. The smallest absolute Gasteiger partial charge is 0.111 e.